The van der Waals surface area contributed by atoms with Crippen molar-refractivity contribution in [1.29, 1.82) is 0 Å². The van der Waals surface area contributed by atoms with Crippen LogP contribution in [0.5, 0.6) is 0 Å². The van der Waals surface area contributed by atoms with Gasteiger partial charge in [0, 0.05) is 21.0 Å². The van der Waals surface area contributed by atoms with Gasteiger partial charge in [-0.15, -0.1) is 0 Å². The maximum absolute atomic E-state index is 11.1. The van der Waals surface area contributed by atoms with Gasteiger partial charge in [0.15, 0.2) is 6.10 Å². The average Bonchev–Trinajstić information content (AvgIpc) is 2.31. The smallest absolute Gasteiger partial charge is 0.305 e. The Morgan fingerprint density at radius 1 is 1.16 bits per heavy atom. The van der Waals surface area contributed by atoms with Crippen molar-refractivity contribution >= 4 is 11.9 Å². The van der Waals surface area contributed by atoms with Gasteiger partial charge in [-0.3, -0.25) is 9.59 Å². The highest BCUT2D eigenvalue weighted by Crippen LogP contribution is 2.26. The fraction of sp³-hybridized carbons (Fsp3) is 0.818. The van der Waals surface area contributed by atoms with Crippen molar-refractivity contribution in [2.45, 2.75) is 44.6 Å². The summed E-state index contributed by atoms with van der Waals surface area (Å²) in [7, 11) is 1.30. The third-order valence-corrected chi connectivity index (χ3v) is 2.65. The van der Waals surface area contributed by atoms with Crippen molar-refractivity contribution in [2.75, 3.05) is 13.7 Å². The zero-order valence-corrected chi connectivity index (χ0v) is 10.9. The number of aliphatic hydroxyl groups excluding tert-OH is 2. The van der Waals surface area contributed by atoms with Crippen molar-refractivity contribution in [3.63, 3.8) is 0 Å². The molecule has 0 aliphatic carbocycles. The molecule has 0 amide bonds. The molecule has 0 bridgehead atoms. The number of aliphatic hydroxyl groups is 2. The maximum atomic E-state index is 11.1. The van der Waals surface area contributed by atoms with Gasteiger partial charge < -0.3 is 29.2 Å². The monoisotopic (exact) mass is 278 g/mol. The van der Waals surface area contributed by atoms with E-state index in [9.17, 15) is 14.7 Å². The van der Waals surface area contributed by atoms with E-state index in [0.29, 0.717) is 0 Å². The first-order valence-electron chi connectivity index (χ1n) is 5.72. The lowest BCUT2D eigenvalue weighted by Gasteiger charge is -2.42. The van der Waals surface area contributed by atoms with E-state index in [0.717, 1.165) is 6.92 Å². The van der Waals surface area contributed by atoms with E-state index in [1.54, 1.807) is 0 Å². The number of esters is 2. The fourth-order valence-electron chi connectivity index (χ4n) is 1.89. The molecule has 19 heavy (non-hydrogen) atoms. The largest absolute Gasteiger partial charge is 0.453 e. The SMILES string of the molecule is CO[C@H]1[C@H](O)[C@@H](CO)OC(OC(C)=O)[C@@H]1OC(C)=O. The van der Waals surface area contributed by atoms with Crippen LogP contribution in [0.4, 0.5) is 0 Å². The maximum Gasteiger partial charge on any atom is 0.305 e. The molecule has 1 saturated heterocycles. The lowest BCUT2D eigenvalue weighted by Crippen LogP contribution is -2.61. The van der Waals surface area contributed by atoms with Crippen LogP contribution >= 0.6 is 0 Å². The summed E-state index contributed by atoms with van der Waals surface area (Å²) in [6.07, 6.45) is -5.54. The predicted molar refractivity (Wildman–Crippen MR) is 59.9 cm³/mol. The zero-order chi connectivity index (χ0) is 14.6. The van der Waals surface area contributed by atoms with Crippen LogP contribution in [0.3, 0.4) is 0 Å². The van der Waals surface area contributed by atoms with E-state index < -0.39 is 49.3 Å². The summed E-state index contributed by atoms with van der Waals surface area (Å²) >= 11 is 0. The molecule has 1 aliphatic heterocycles. The Bertz CT molecular complexity index is 331. The van der Waals surface area contributed by atoms with E-state index in [1.165, 1.54) is 14.0 Å². The van der Waals surface area contributed by atoms with Crippen molar-refractivity contribution in [3.8, 4) is 0 Å². The Morgan fingerprint density at radius 3 is 2.16 bits per heavy atom. The predicted octanol–water partition coefficient (Wildman–Crippen LogP) is -1.43. The van der Waals surface area contributed by atoms with Crippen LogP contribution in [-0.4, -0.2) is 66.6 Å². The molecule has 0 saturated carbocycles. The van der Waals surface area contributed by atoms with Gasteiger partial charge >= 0.3 is 11.9 Å². The highest BCUT2D eigenvalue weighted by molar-refractivity contribution is 5.67. The second-order valence-electron chi connectivity index (χ2n) is 4.10. The highest BCUT2D eigenvalue weighted by atomic mass is 16.7. The third-order valence-electron chi connectivity index (χ3n) is 2.65. The highest BCUT2D eigenvalue weighted by Gasteiger charge is 2.49. The van der Waals surface area contributed by atoms with Crippen molar-refractivity contribution < 1.29 is 38.7 Å². The molecule has 0 aromatic carbocycles. The molecule has 1 fully saturated rings. The number of methoxy groups -OCH3 is 1. The quantitative estimate of drug-likeness (QED) is 0.602. The first-order chi connectivity index (χ1) is 8.90. The minimum atomic E-state index is -1.24. The minimum Gasteiger partial charge on any atom is -0.453 e. The van der Waals surface area contributed by atoms with Gasteiger partial charge in [0.25, 0.3) is 0 Å². The molecular formula is C11H18O8. The molecule has 1 rings (SSSR count). The summed E-state index contributed by atoms with van der Waals surface area (Å²) in [4.78, 5) is 22.1. The summed E-state index contributed by atoms with van der Waals surface area (Å²) < 4.78 is 20.1. The molecular weight excluding hydrogens is 260 g/mol. The van der Waals surface area contributed by atoms with Gasteiger partial charge in [-0.25, -0.2) is 0 Å². The minimum absolute atomic E-state index is 0.494. The summed E-state index contributed by atoms with van der Waals surface area (Å²) in [6, 6.07) is 0. The Balaban J connectivity index is 2.94. The van der Waals surface area contributed by atoms with Crippen molar-refractivity contribution in [2.24, 2.45) is 0 Å². The van der Waals surface area contributed by atoms with Crippen LogP contribution in [0.1, 0.15) is 13.8 Å². The number of carbonyl (C=O) groups is 2. The average molecular weight is 278 g/mol. The lowest BCUT2D eigenvalue weighted by molar-refractivity contribution is -0.298. The van der Waals surface area contributed by atoms with Gasteiger partial charge in [-0.1, -0.05) is 0 Å². The normalized spacial score (nSPS) is 34.7. The summed E-state index contributed by atoms with van der Waals surface area (Å²) in [5.74, 6) is -1.28. The molecule has 5 atom stereocenters. The molecule has 1 aliphatic rings. The molecule has 1 heterocycles. The van der Waals surface area contributed by atoms with E-state index in [2.05, 4.69) is 0 Å². The van der Waals surface area contributed by atoms with Gasteiger partial charge in [-0.2, -0.15) is 0 Å². The van der Waals surface area contributed by atoms with E-state index in [1.807, 2.05) is 0 Å². The van der Waals surface area contributed by atoms with Crippen molar-refractivity contribution in [3.05, 3.63) is 0 Å². The Hall–Kier alpha value is -1.22. The fourth-order valence-corrected chi connectivity index (χ4v) is 1.89. The first-order valence-corrected chi connectivity index (χ1v) is 5.72. The second-order valence-corrected chi connectivity index (χ2v) is 4.10. The number of hydrogen-bond acceptors (Lipinski definition) is 8. The Morgan fingerprint density at radius 2 is 1.74 bits per heavy atom. The van der Waals surface area contributed by atoms with Crippen LogP contribution in [0.25, 0.3) is 0 Å². The summed E-state index contributed by atoms with van der Waals surface area (Å²) in [6.45, 7) is 1.84. The standard InChI is InChI=1S/C11H18O8/c1-5(13)17-10-9(16-3)8(15)7(4-12)19-11(10)18-6(2)14/h7-12,15H,4H2,1-3H3/t7-,8-,9+,10-,11?/m1/s1. The number of hydrogen-bond donors (Lipinski definition) is 2. The van der Waals surface area contributed by atoms with E-state index in [4.69, 9.17) is 24.1 Å². The molecule has 1 unspecified atom stereocenters. The van der Waals surface area contributed by atoms with Crippen molar-refractivity contribution in [1.82, 2.24) is 0 Å². The molecule has 0 spiro atoms. The zero-order valence-electron chi connectivity index (χ0n) is 10.9. The number of rotatable bonds is 4. The topological polar surface area (TPSA) is 112 Å². The Kier molecular flexibility index (Phi) is 5.67. The van der Waals surface area contributed by atoms with Gasteiger partial charge in [0.2, 0.25) is 6.29 Å². The molecule has 110 valence electrons. The molecule has 8 nitrogen and oxygen atoms in total. The first kappa shape index (κ1) is 15.8. The van der Waals surface area contributed by atoms with Gasteiger partial charge in [-0.05, 0) is 0 Å². The molecule has 0 radical (unpaired) electrons. The van der Waals surface area contributed by atoms with Gasteiger partial charge in [0.1, 0.15) is 18.3 Å². The molecule has 0 aromatic rings. The molecule has 2 N–H and O–H groups in total. The molecule has 8 heteroatoms. The van der Waals surface area contributed by atoms with E-state index in [-0.39, 0.29) is 0 Å². The number of ether oxygens (including phenoxy) is 4. The van der Waals surface area contributed by atoms with Crippen LogP contribution in [0, 0.1) is 0 Å². The third kappa shape index (κ3) is 3.87. The number of carbonyl (C=O) groups excluding carboxylic acids is 2. The van der Waals surface area contributed by atoms with Gasteiger partial charge in [0.05, 0.1) is 6.61 Å². The summed E-state index contributed by atoms with van der Waals surface area (Å²) in [5, 5.41) is 19.0. The van der Waals surface area contributed by atoms with Crippen LogP contribution in [0.2, 0.25) is 0 Å². The Labute approximate surface area is 110 Å². The molecule has 0 aromatic heterocycles. The van der Waals surface area contributed by atoms with Crippen LogP contribution in [-0.2, 0) is 28.5 Å². The second kappa shape index (κ2) is 6.80. The lowest BCUT2D eigenvalue weighted by atomic mass is 9.99. The summed E-state index contributed by atoms with van der Waals surface area (Å²) in [5.41, 5.74) is 0. The van der Waals surface area contributed by atoms with Crippen LogP contribution < -0.4 is 0 Å². The van der Waals surface area contributed by atoms with E-state index >= 15 is 0 Å². The van der Waals surface area contributed by atoms with Crippen LogP contribution in [0.15, 0.2) is 0 Å².